The molecule has 0 aromatic heterocycles. The maximum Gasteiger partial charge on any atom is 0.264 e. The van der Waals surface area contributed by atoms with E-state index < -0.39 is 10.0 Å². The normalized spacial score (nSPS) is 19.8. The van der Waals surface area contributed by atoms with Gasteiger partial charge in [-0.05, 0) is 43.0 Å². The van der Waals surface area contributed by atoms with E-state index in [2.05, 4.69) is 21.7 Å². The van der Waals surface area contributed by atoms with Crippen LogP contribution >= 0.6 is 0 Å². The predicted molar refractivity (Wildman–Crippen MR) is 96.5 cm³/mol. The molecule has 0 amide bonds. The van der Waals surface area contributed by atoms with Gasteiger partial charge < -0.3 is 0 Å². The number of hydrogen-bond donors (Lipinski definition) is 1. The van der Waals surface area contributed by atoms with Gasteiger partial charge in [-0.25, -0.2) is 18.1 Å². The minimum Gasteiger partial charge on any atom is -0.251 e. The van der Waals surface area contributed by atoms with Crippen molar-refractivity contribution >= 4 is 28.3 Å². The summed E-state index contributed by atoms with van der Waals surface area (Å²) in [6, 6.07) is 5.19. The van der Waals surface area contributed by atoms with Crippen LogP contribution in [0.5, 0.6) is 0 Å². The third kappa shape index (κ3) is 3.36. The molecule has 0 bridgehead atoms. The van der Waals surface area contributed by atoms with Crippen LogP contribution in [-0.2, 0) is 16.4 Å². The summed E-state index contributed by atoms with van der Waals surface area (Å²) in [7, 11) is -3.69. The summed E-state index contributed by atoms with van der Waals surface area (Å²) >= 11 is 0. The van der Waals surface area contributed by atoms with Crippen molar-refractivity contribution < 1.29 is 8.42 Å². The summed E-state index contributed by atoms with van der Waals surface area (Å²) in [6.07, 6.45) is 7.61. The maximum atomic E-state index is 12.7. The van der Waals surface area contributed by atoms with Crippen LogP contribution in [0.2, 0.25) is 0 Å². The standard InChI is InChI=1S/C17H22N4O2S/c1-3-13-11-19-21(12-13)17(18-4-2)20-24(22,23)16-9-8-14-6-5-7-15(14)10-16/h5-6,8-11,13H,3-4,7,12H2,1-2H3,(H,18,20). The molecule has 128 valence electrons. The number of guanidine groups is 1. The second-order valence-corrected chi connectivity index (χ2v) is 7.57. The molecule has 1 N–H and O–H groups in total. The fourth-order valence-electron chi connectivity index (χ4n) is 2.76. The molecule has 7 heteroatoms. The summed E-state index contributed by atoms with van der Waals surface area (Å²) in [6.45, 7) is 5.08. The molecule has 6 nitrogen and oxygen atoms in total. The molecule has 1 heterocycles. The molecule has 2 aliphatic rings. The van der Waals surface area contributed by atoms with Crippen molar-refractivity contribution in [3.8, 4) is 0 Å². The van der Waals surface area contributed by atoms with E-state index in [4.69, 9.17) is 0 Å². The molecular weight excluding hydrogens is 324 g/mol. The van der Waals surface area contributed by atoms with Crippen molar-refractivity contribution in [3.63, 3.8) is 0 Å². The number of hydrazone groups is 1. The lowest BCUT2D eigenvalue weighted by Crippen LogP contribution is -2.41. The van der Waals surface area contributed by atoms with Gasteiger partial charge in [-0.2, -0.15) is 5.10 Å². The number of nitrogens with zero attached hydrogens (tertiary/aromatic N) is 3. The topological polar surface area (TPSA) is 74.1 Å². The molecule has 3 rings (SSSR count). The molecule has 1 aliphatic heterocycles. The van der Waals surface area contributed by atoms with Crippen molar-refractivity contribution in [2.75, 3.05) is 13.1 Å². The average molecular weight is 346 g/mol. The highest BCUT2D eigenvalue weighted by Gasteiger charge is 2.25. The van der Waals surface area contributed by atoms with Crippen LogP contribution in [0.4, 0.5) is 0 Å². The first kappa shape index (κ1) is 16.7. The minimum absolute atomic E-state index is 0.254. The fraction of sp³-hybridized carbons (Fsp3) is 0.412. The van der Waals surface area contributed by atoms with Gasteiger partial charge in [0.25, 0.3) is 10.0 Å². The Hall–Kier alpha value is -2.15. The van der Waals surface area contributed by atoms with Crippen molar-refractivity contribution in [2.45, 2.75) is 31.6 Å². The Labute approximate surface area is 143 Å². The molecule has 0 fully saturated rings. The number of benzene rings is 1. The van der Waals surface area contributed by atoms with Gasteiger partial charge in [-0.15, -0.1) is 0 Å². The Morgan fingerprint density at radius 2 is 2.25 bits per heavy atom. The van der Waals surface area contributed by atoms with Gasteiger partial charge in [0.1, 0.15) is 0 Å². The lowest BCUT2D eigenvalue weighted by Gasteiger charge is -2.19. The van der Waals surface area contributed by atoms with E-state index in [-0.39, 0.29) is 10.9 Å². The van der Waals surface area contributed by atoms with Gasteiger partial charge in [0.15, 0.2) is 0 Å². The Balaban J connectivity index is 1.82. The Kier molecular flexibility index (Phi) is 4.71. The summed E-state index contributed by atoms with van der Waals surface area (Å²) in [5.74, 6) is 0.603. The van der Waals surface area contributed by atoms with Crippen LogP contribution in [-0.4, -0.2) is 38.7 Å². The molecular formula is C17H22N4O2S. The van der Waals surface area contributed by atoms with Gasteiger partial charge in [0.05, 0.1) is 11.4 Å². The monoisotopic (exact) mass is 346 g/mol. The van der Waals surface area contributed by atoms with Crippen molar-refractivity contribution in [2.24, 2.45) is 16.0 Å². The summed E-state index contributed by atoms with van der Waals surface area (Å²) in [4.78, 5) is 4.54. The van der Waals surface area contributed by atoms with Gasteiger partial charge in [-0.1, -0.05) is 25.1 Å². The molecule has 1 atom stereocenters. The zero-order chi connectivity index (χ0) is 17.2. The highest BCUT2D eigenvalue weighted by Crippen LogP contribution is 2.23. The molecule has 1 aromatic rings. The number of rotatable bonds is 4. The number of fused-ring (bicyclic) bond motifs is 1. The number of aliphatic imine (C=N–C) groups is 1. The Morgan fingerprint density at radius 1 is 1.42 bits per heavy atom. The Bertz CT molecular complexity index is 812. The number of nitrogens with one attached hydrogen (secondary N) is 1. The van der Waals surface area contributed by atoms with E-state index in [1.54, 1.807) is 17.1 Å². The van der Waals surface area contributed by atoms with Crippen LogP contribution in [0, 0.1) is 5.92 Å². The molecule has 0 radical (unpaired) electrons. The predicted octanol–water partition coefficient (Wildman–Crippen LogP) is 2.24. The van der Waals surface area contributed by atoms with Crippen LogP contribution < -0.4 is 4.72 Å². The van der Waals surface area contributed by atoms with E-state index >= 15 is 0 Å². The summed E-state index contributed by atoms with van der Waals surface area (Å²) in [5.41, 5.74) is 2.10. The molecule has 24 heavy (non-hydrogen) atoms. The molecule has 1 aromatic carbocycles. The maximum absolute atomic E-state index is 12.7. The van der Waals surface area contributed by atoms with E-state index in [0.29, 0.717) is 19.0 Å². The highest BCUT2D eigenvalue weighted by molar-refractivity contribution is 7.90. The van der Waals surface area contributed by atoms with Crippen LogP contribution in [0.3, 0.4) is 0 Å². The van der Waals surface area contributed by atoms with Crippen LogP contribution in [0.15, 0.2) is 39.3 Å². The molecule has 0 saturated carbocycles. The van der Waals surface area contributed by atoms with Crippen LogP contribution in [0.1, 0.15) is 31.4 Å². The first-order valence-electron chi connectivity index (χ1n) is 8.22. The summed E-state index contributed by atoms with van der Waals surface area (Å²) in [5, 5.41) is 5.91. The number of allylic oxidation sites excluding steroid dienone is 1. The highest BCUT2D eigenvalue weighted by atomic mass is 32.2. The van der Waals surface area contributed by atoms with Gasteiger partial charge in [-0.3, -0.25) is 4.99 Å². The third-order valence-corrected chi connectivity index (χ3v) is 5.51. The Morgan fingerprint density at radius 3 is 2.96 bits per heavy atom. The quantitative estimate of drug-likeness (QED) is 0.671. The molecule has 1 aliphatic carbocycles. The van der Waals surface area contributed by atoms with Gasteiger partial charge in [0, 0.05) is 18.7 Å². The van der Waals surface area contributed by atoms with Gasteiger partial charge in [0.2, 0.25) is 5.96 Å². The van der Waals surface area contributed by atoms with E-state index in [1.807, 2.05) is 31.4 Å². The first-order chi connectivity index (χ1) is 11.5. The number of sulfonamides is 1. The van der Waals surface area contributed by atoms with Crippen LogP contribution in [0.25, 0.3) is 6.08 Å². The lowest BCUT2D eigenvalue weighted by atomic mass is 10.1. The SMILES string of the molecule is CCN=C(NS(=O)(=O)c1ccc2c(c1)CC=C2)N1CC(CC)C=N1. The largest absolute Gasteiger partial charge is 0.264 e. The van der Waals surface area contributed by atoms with E-state index in [1.165, 1.54) is 0 Å². The van der Waals surface area contributed by atoms with Crippen molar-refractivity contribution in [1.29, 1.82) is 0 Å². The fourth-order valence-corrected chi connectivity index (χ4v) is 3.84. The minimum atomic E-state index is -3.69. The average Bonchev–Trinajstić information content (AvgIpc) is 3.22. The third-order valence-electron chi connectivity index (χ3n) is 4.19. The molecule has 1 unspecified atom stereocenters. The summed E-state index contributed by atoms with van der Waals surface area (Å²) < 4.78 is 28.1. The second-order valence-electron chi connectivity index (χ2n) is 5.89. The molecule has 0 saturated heterocycles. The molecule has 0 spiro atoms. The smallest absolute Gasteiger partial charge is 0.251 e. The van der Waals surface area contributed by atoms with Gasteiger partial charge >= 0.3 is 0 Å². The zero-order valence-corrected chi connectivity index (χ0v) is 14.8. The number of hydrogen-bond acceptors (Lipinski definition) is 4. The zero-order valence-electron chi connectivity index (χ0n) is 13.9. The van der Waals surface area contributed by atoms with E-state index in [0.717, 1.165) is 24.0 Å². The first-order valence-corrected chi connectivity index (χ1v) is 9.70. The lowest BCUT2D eigenvalue weighted by molar-refractivity contribution is 0.429. The van der Waals surface area contributed by atoms with Crippen molar-refractivity contribution in [3.05, 3.63) is 35.4 Å². The van der Waals surface area contributed by atoms with E-state index in [9.17, 15) is 8.42 Å². The van der Waals surface area contributed by atoms with Crippen molar-refractivity contribution in [1.82, 2.24) is 9.73 Å². The second kappa shape index (κ2) is 6.76.